The van der Waals surface area contributed by atoms with E-state index < -0.39 is 6.09 Å². The number of nitriles is 1. The zero-order valence-electron chi connectivity index (χ0n) is 34.7. The first kappa shape index (κ1) is 43.0. The van der Waals surface area contributed by atoms with Crippen LogP contribution < -0.4 is 20.3 Å². The van der Waals surface area contributed by atoms with Crippen LogP contribution >= 0.6 is 0 Å². The highest BCUT2D eigenvalue weighted by atomic mass is 16.6. The van der Waals surface area contributed by atoms with Crippen LogP contribution in [-0.4, -0.2) is 143 Å². The number of likely N-dealkylation sites (tertiary alicyclic amines) is 1. The molecule has 0 saturated carbocycles. The molecular formula is C45H58N8O7. The fraction of sp³-hybridized carbons (Fsp3) is 0.511. The van der Waals surface area contributed by atoms with Crippen LogP contribution in [0.25, 0.3) is 10.8 Å². The van der Waals surface area contributed by atoms with E-state index in [-0.39, 0.29) is 31.2 Å². The first-order valence-electron chi connectivity index (χ1n) is 21.1. The van der Waals surface area contributed by atoms with Gasteiger partial charge in [0.15, 0.2) is 0 Å². The van der Waals surface area contributed by atoms with E-state index in [0.717, 1.165) is 48.6 Å². The van der Waals surface area contributed by atoms with Gasteiger partial charge in [-0.1, -0.05) is 66.7 Å². The number of nitrogens with two attached hydrogens (primary N) is 1. The molecule has 0 bridgehead atoms. The molecule has 1 amide bonds. The minimum absolute atomic E-state index is 0.0603. The number of benzene rings is 3. The minimum atomic E-state index is -0.417. The molecule has 320 valence electrons. The molecule has 0 radical (unpaired) electrons. The Hall–Kier alpha value is -5.08. The molecule has 3 atom stereocenters. The Labute approximate surface area is 352 Å². The normalized spacial score (nSPS) is 19.4. The summed E-state index contributed by atoms with van der Waals surface area (Å²) in [6, 6.07) is 26.9. The van der Waals surface area contributed by atoms with E-state index in [1.807, 2.05) is 30.3 Å². The lowest BCUT2D eigenvalue weighted by Gasteiger charge is -2.42. The van der Waals surface area contributed by atoms with Crippen molar-refractivity contribution in [2.75, 3.05) is 109 Å². The quantitative estimate of drug-likeness (QED) is 0.125. The average Bonchev–Trinajstić information content (AvgIpc) is 3.64. The van der Waals surface area contributed by atoms with Gasteiger partial charge in [-0.25, -0.2) is 4.79 Å². The van der Waals surface area contributed by atoms with Crippen molar-refractivity contribution in [3.05, 3.63) is 89.6 Å². The zero-order valence-corrected chi connectivity index (χ0v) is 34.7. The predicted molar refractivity (Wildman–Crippen MR) is 228 cm³/mol. The summed E-state index contributed by atoms with van der Waals surface area (Å²) in [7, 11) is 2.09. The van der Waals surface area contributed by atoms with Crippen molar-refractivity contribution in [1.82, 2.24) is 19.8 Å². The molecule has 2 fully saturated rings. The standard InChI is InChI=1S/C45H58N8O7/c1-50-30-38(58-27-26-57-25-24-56-23-22-55-21-17-47)28-37(50)33-59-44-48-41-31-51(42-13-7-11-35-10-5-6-12-39(35)42)18-15-40(41)43(49-44)52-19-20-53(36(29-52)14-16-46)45(54)60-32-34-8-3-2-4-9-34/h2-13,36-38H,14-15,17-33,47H2,1H3/t36-,37-,38+/m0/s1. The molecule has 3 aliphatic heterocycles. The number of anilines is 2. The van der Waals surface area contributed by atoms with Crippen LogP contribution in [0, 0.1) is 11.3 Å². The molecule has 0 aliphatic carbocycles. The number of carbonyl (C=O) groups excluding carboxylic acids is 1. The molecule has 7 rings (SSSR count). The van der Waals surface area contributed by atoms with Gasteiger partial charge in [0.2, 0.25) is 0 Å². The Kier molecular flexibility index (Phi) is 15.7. The highest BCUT2D eigenvalue weighted by Gasteiger charge is 2.36. The number of amides is 1. The number of nitrogens with zero attached hydrogens (tertiary/aromatic N) is 7. The van der Waals surface area contributed by atoms with Crippen molar-refractivity contribution in [2.24, 2.45) is 5.73 Å². The summed E-state index contributed by atoms with van der Waals surface area (Å²) in [6.07, 6.45) is 1.37. The third-order valence-electron chi connectivity index (χ3n) is 11.3. The van der Waals surface area contributed by atoms with E-state index in [1.54, 1.807) is 4.90 Å². The highest BCUT2D eigenvalue weighted by Crippen LogP contribution is 2.35. The summed E-state index contributed by atoms with van der Waals surface area (Å²) < 4.78 is 34.9. The van der Waals surface area contributed by atoms with E-state index in [0.29, 0.717) is 91.6 Å². The Bertz CT molecular complexity index is 2010. The summed E-state index contributed by atoms with van der Waals surface area (Å²) in [5.41, 5.74) is 9.49. The van der Waals surface area contributed by atoms with Crippen LogP contribution in [0.3, 0.4) is 0 Å². The molecule has 4 aromatic rings. The monoisotopic (exact) mass is 822 g/mol. The predicted octanol–water partition coefficient (Wildman–Crippen LogP) is 4.41. The SMILES string of the molecule is CN1C[C@H](OCCOCCOCCOCCN)C[C@H]1COc1nc2c(c(N3CCN(C(=O)OCc4ccccc4)[C@@H](CC#N)C3)n1)CCN(c1cccc3ccccc13)C2. The van der Waals surface area contributed by atoms with Crippen LogP contribution in [0.4, 0.5) is 16.3 Å². The molecular weight excluding hydrogens is 765 g/mol. The molecule has 3 aromatic carbocycles. The molecule has 15 nitrogen and oxygen atoms in total. The molecule has 1 aromatic heterocycles. The Morgan fingerprint density at radius 1 is 0.833 bits per heavy atom. The first-order valence-corrected chi connectivity index (χ1v) is 21.1. The van der Waals surface area contributed by atoms with Gasteiger partial charge in [0.1, 0.15) is 19.0 Å². The van der Waals surface area contributed by atoms with E-state index in [9.17, 15) is 10.1 Å². The molecule has 0 spiro atoms. The molecule has 4 heterocycles. The molecule has 2 N–H and O–H groups in total. The number of ether oxygens (including phenoxy) is 6. The molecule has 2 saturated heterocycles. The van der Waals surface area contributed by atoms with Crippen molar-refractivity contribution in [3.8, 4) is 12.1 Å². The van der Waals surface area contributed by atoms with Crippen molar-refractivity contribution in [2.45, 2.75) is 50.6 Å². The maximum Gasteiger partial charge on any atom is 0.410 e. The van der Waals surface area contributed by atoms with Gasteiger partial charge in [0.05, 0.1) is 83.1 Å². The highest BCUT2D eigenvalue weighted by molar-refractivity contribution is 5.94. The van der Waals surface area contributed by atoms with Crippen LogP contribution in [0.5, 0.6) is 6.01 Å². The topological polar surface area (TPSA) is 161 Å². The van der Waals surface area contributed by atoms with E-state index in [2.05, 4.69) is 70.3 Å². The van der Waals surface area contributed by atoms with Gasteiger partial charge in [-0.2, -0.15) is 15.2 Å². The Morgan fingerprint density at radius 2 is 1.58 bits per heavy atom. The van der Waals surface area contributed by atoms with E-state index >= 15 is 0 Å². The maximum atomic E-state index is 13.4. The molecule has 0 unspecified atom stereocenters. The van der Waals surface area contributed by atoms with Gasteiger partial charge in [0, 0.05) is 61.9 Å². The third-order valence-corrected chi connectivity index (χ3v) is 11.3. The second-order valence-corrected chi connectivity index (χ2v) is 15.4. The Balaban J connectivity index is 1.00. The average molecular weight is 823 g/mol. The lowest BCUT2D eigenvalue weighted by molar-refractivity contribution is -0.0157. The maximum absolute atomic E-state index is 13.4. The third kappa shape index (κ3) is 11.4. The zero-order chi connectivity index (χ0) is 41.5. The first-order chi connectivity index (χ1) is 29.5. The van der Waals surface area contributed by atoms with Gasteiger partial charge in [-0.3, -0.25) is 4.90 Å². The smallest absolute Gasteiger partial charge is 0.410 e. The largest absolute Gasteiger partial charge is 0.462 e. The van der Waals surface area contributed by atoms with Crippen molar-refractivity contribution in [3.63, 3.8) is 0 Å². The van der Waals surface area contributed by atoms with Crippen LogP contribution in [-0.2, 0) is 43.3 Å². The number of hydrogen-bond donors (Lipinski definition) is 1. The summed E-state index contributed by atoms with van der Waals surface area (Å²) >= 11 is 0. The van der Waals surface area contributed by atoms with Crippen molar-refractivity contribution >= 4 is 28.4 Å². The van der Waals surface area contributed by atoms with E-state index in [4.69, 9.17) is 44.1 Å². The second kappa shape index (κ2) is 22.0. The van der Waals surface area contributed by atoms with Crippen molar-refractivity contribution < 1.29 is 33.2 Å². The minimum Gasteiger partial charge on any atom is -0.462 e. The number of rotatable bonds is 20. The molecule has 15 heteroatoms. The second-order valence-electron chi connectivity index (χ2n) is 15.4. The van der Waals surface area contributed by atoms with Crippen LogP contribution in [0.1, 0.15) is 29.7 Å². The Morgan fingerprint density at radius 3 is 2.38 bits per heavy atom. The number of likely N-dealkylation sites (N-methyl/N-ethyl adjacent to an activating group) is 1. The van der Waals surface area contributed by atoms with Gasteiger partial charge in [-0.05, 0) is 36.9 Å². The van der Waals surface area contributed by atoms with Gasteiger partial charge >= 0.3 is 12.1 Å². The number of piperazine rings is 1. The van der Waals surface area contributed by atoms with Crippen LogP contribution in [0.2, 0.25) is 0 Å². The summed E-state index contributed by atoms with van der Waals surface area (Å²) in [5.74, 6) is 0.805. The number of aromatic nitrogens is 2. The van der Waals surface area contributed by atoms with Gasteiger partial charge in [0.25, 0.3) is 0 Å². The molecule has 60 heavy (non-hydrogen) atoms. The fourth-order valence-electron chi connectivity index (χ4n) is 8.19. The van der Waals surface area contributed by atoms with Gasteiger partial charge in [-0.15, -0.1) is 0 Å². The van der Waals surface area contributed by atoms with Gasteiger partial charge < -0.3 is 48.9 Å². The summed E-state index contributed by atoms with van der Waals surface area (Å²) in [4.78, 5) is 32.0. The fourth-order valence-corrected chi connectivity index (χ4v) is 8.19. The number of hydrogen-bond acceptors (Lipinski definition) is 14. The summed E-state index contributed by atoms with van der Waals surface area (Å²) in [6.45, 7) is 8.22. The number of fused-ring (bicyclic) bond motifs is 2. The lowest BCUT2D eigenvalue weighted by Crippen LogP contribution is -2.55. The lowest BCUT2D eigenvalue weighted by atomic mass is 10.0. The van der Waals surface area contributed by atoms with E-state index in [1.165, 1.54) is 16.5 Å². The van der Waals surface area contributed by atoms with Crippen LogP contribution in [0.15, 0.2) is 72.8 Å². The summed E-state index contributed by atoms with van der Waals surface area (Å²) in [5, 5.41) is 12.2. The van der Waals surface area contributed by atoms with Crippen molar-refractivity contribution in [1.29, 1.82) is 5.26 Å². The molecule has 3 aliphatic rings. The number of carbonyl (C=O) groups is 1.